The third-order valence-electron chi connectivity index (χ3n) is 2.26. The Morgan fingerprint density at radius 1 is 1.27 bits per heavy atom. The van der Waals surface area contributed by atoms with Gasteiger partial charge in [-0.2, -0.15) is 0 Å². The first-order valence-corrected chi connectivity index (χ1v) is 5.88. The Morgan fingerprint density at radius 3 is 2.47 bits per heavy atom. The number of carbonyl (C=O) groups is 1. The average Bonchev–Trinajstić information content (AvgIpc) is 2.18. The van der Waals surface area contributed by atoms with Crippen LogP contribution in [0.5, 0.6) is 0 Å². The van der Waals surface area contributed by atoms with Crippen LogP contribution in [0.2, 0.25) is 0 Å². The molecule has 0 aliphatic heterocycles. The fourth-order valence-electron chi connectivity index (χ4n) is 1.53. The van der Waals surface area contributed by atoms with Gasteiger partial charge in [0, 0.05) is 0 Å². The van der Waals surface area contributed by atoms with E-state index in [0.29, 0.717) is 6.42 Å². The minimum atomic E-state index is 0.136. The summed E-state index contributed by atoms with van der Waals surface area (Å²) in [4.78, 5) is 20.0. The summed E-state index contributed by atoms with van der Waals surface area (Å²) >= 11 is 0.825. The number of fused-ring (bicyclic) bond motifs is 1. The van der Waals surface area contributed by atoms with E-state index in [1.165, 1.54) is 0 Å². The SMILES string of the molecule is CC(=O)Cc1nc2ccccc2n[c]1[Na]. The van der Waals surface area contributed by atoms with Gasteiger partial charge in [-0.25, -0.2) is 0 Å². The van der Waals surface area contributed by atoms with Crippen LogP contribution in [0.1, 0.15) is 12.6 Å². The standard InChI is InChI=1S/C11H9N2O.Na/c1-8(14)6-9-7-12-10-4-2-3-5-11(10)13-9;/h2-5H,6H2,1H3;. The van der Waals surface area contributed by atoms with Crippen LogP contribution in [0.15, 0.2) is 24.3 Å². The molecule has 0 spiro atoms. The topological polar surface area (TPSA) is 42.9 Å². The Bertz CT molecular complexity index is 525. The van der Waals surface area contributed by atoms with E-state index >= 15 is 0 Å². The molecule has 1 heterocycles. The Hall–Kier alpha value is -0.770. The van der Waals surface area contributed by atoms with E-state index in [9.17, 15) is 4.79 Å². The number of Topliss-reactive ketones (excluding diaryl/α,β-unsaturated/α-hetero) is 1. The van der Waals surface area contributed by atoms with Crippen molar-refractivity contribution in [3.63, 3.8) is 0 Å². The van der Waals surface area contributed by atoms with Crippen LogP contribution >= 0.6 is 0 Å². The molecule has 2 rings (SSSR count). The summed E-state index contributed by atoms with van der Waals surface area (Å²) in [5.74, 6) is 0.136. The molecule has 4 heteroatoms. The summed E-state index contributed by atoms with van der Waals surface area (Å²) in [5, 5.41) is 0. The number of nitrogens with zero attached hydrogens (tertiary/aromatic N) is 2. The number of hydrogen-bond donors (Lipinski definition) is 0. The summed E-state index contributed by atoms with van der Waals surface area (Å²) in [6.45, 7) is 1.58. The normalized spacial score (nSPS) is 10.6. The van der Waals surface area contributed by atoms with Gasteiger partial charge in [0.2, 0.25) is 0 Å². The van der Waals surface area contributed by atoms with Gasteiger partial charge in [-0.3, -0.25) is 0 Å². The summed E-state index contributed by atoms with van der Waals surface area (Å²) in [5.41, 5.74) is 2.62. The van der Waals surface area contributed by atoms with Gasteiger partial charge in [0.25, 0.3) is 0 Å². The molecule has 0 N–H and O–H groups in total. The van der Waals surface area contributed by atoms with E-state index in [1.807, 2.05) is 24.3 Å². The molecule has 0 unspecified atom stereocenters. The summed E-state index contributed by atoms with van der Waals surface area (Å²) < 4.78 is 0.976. The average molecular weight is 208 g/mol. The molecule has 2 aromatic rings. The Balaban J connectivity index is 2.56. The van der Waals surface area contributed by atoms with E-state index in [1.54, 1.807) is 6.92 Å². The van der Waals surface area contributed by atoms with Crippen LogP contribution < -0.4 is 2.94 Å². The second-order valence-electron chi connectivity index (χ2n) is 3.62. The molecular weight excluding hydrogens is 199 g/mol. The molecule has 0 aliphatic rings. The van der Waals surface area contributed by atoms with Gasteiger partial charge < -0.3 is 0 Å². The number of rotatable bonds is 2. The zero-order chi connectivity index (χ0) is 10.8. The van der Waals surface area contributed by atoms with Gasteiger partial charge in [-0.15, -0.1) is 0 Å². The van der Waals surface area contributed by atoms with Crippen molar-refractivity contribution in [1.82, 2.24) is 9.97 Å². The molecule has 0 aliphatic carbocycles. The van der Waals surface area contributed by atoms with Crippen molar-refractivity contribution in [2.24, 2.45) is 0 Å². The van der Waals surface area contributed by atoms with Crippen molar-refractivity contribution in [2.75, 3.05) is 0 Å². The molecule has 0 atom stereocenters. The van der Waals surface area contributed by atoms with E-state index in [0.717, 1.165) is 47.6 Å². The second kappa shape index (κ2) is 4.39. The number of para-hydroxylation sites is 2. The molecule has 0 radical (unpaired) electrons. The maximum absolute atomic E-state index is 11.0. The van der Waals surface area contributed by atoms with Crippen LogP contribution in [0.25, 0.3) is 11.0 Å². The third-order valence-corrected chi connectivity index (χ3v) is 3.06. The van der Waals surface area contributed by atoms with Crippen molar-refractivity contribution in [3.05, 3.63) is 30.0 Å². The molecule has 0 saturated heterocycles. The summed E-state index contributed by atoms with van der Waals surface area (Å²) in [6, 6.07) is 7.75. The van der Waals surface area contributed by atoms with Crippen LogP contribution in [0.3, 0.4) is 0 Å². The molecule has 15 heavy (non-hydrogen) atoms. The maximum atomic E-state index is 11.0. The van der Waals surface area contributed by atoms with Gasteiger partial charge >= 0.3 is 106 Å². The zero-order valence-corrected chi connectivity index (χ0v) is 10.8. The monoisotopic (exact) mass is 208 g/mol. The Labute approximate surface area is 105 Å². The van der Waals surface area contributed by atoms with Gasteiger partial charge in [0.15, 0.2) is 0 Å². The van der Waals surface area contributed by atoms with Crippen LogP contribution in [0.4, 0.5) is 0 Å². The fraction of sp³-hybridized carbons (Fsp3) is 0.182. The van der Waals surface area contributed by atoms with Crippen LogP contribution in [-0.2, 0) is 11.2 Å². The molecule has 70 valence electrons. The molecule has 0 fully saturated rings. The molecular formula is C11H9N2NaO. The predicted molar refractivity (Wildman–Crippen MR) is 59.3 cm³/mol. The fourth-order valence-corrected chi connectivity index (χ4v) is 2.06. The van der Waals surface area contributed by atoms with Gasteiger partial charge in [0.1, 0.15) is 0 Å². The molecule has 1 aromatic heterocycles. The molecule has 0 amide bonds. The zero-order valence-electron chi connectivity index (χ0n) is 8.82. The van der Waals surface area contributed by atoms with Crippen molar-refractivity contribution in [2.45, 2.75) is 13.3 Å². The Kier molecular flexibility index (Phi) is 3.14. The Morgan fingerprint density at radius 2 is 1.87 bits per heavy atom. The van der Waals surface area contributed by atoms with Gasteiger partial charge in [-0.1, -0.05) is 0 Å². The van der Waals surface area contributed by atoms with Crippen LogP contribution in [0, 0.1) is 0 Å². The predicted octanol–water partition coefficient (Wildman–Crippen LogP) is 0.555. The van der Waals surface area contributed by atoms with E-state index in [-0.39, 0.29) is 5.78 Å². The molecule has 0 bridgehead atoms. The molecule has 3 nitrogen and oxygen atoms in total. The number of aromatic nitrogens is 2. The van der Waals surface area contributed by atoms with Gasteiger partial charge in [-0.05, 0) is 0 Å². The van der Waals surface area contributed by atoms with Crippen molar-refractivity contribution < 1.29 is 4.79 Å². The van der Waals surface area contributed by atoms with E-state index < -0.39 is 0 Å². The number of hydrogen-bond acceptors (Lipinski definition) is 3. The molecule has 1 aromatic carbocycles. The van der Waals surface area contributed by atoms with Gasteiger partial charge in [0.05, 0.1) is 0 Å². The van der Waals surface area contributed by atoms with Crippen molar-refractivity contribution >= 4 is 47.7 Å². The number of carbonyl (C=O) groups excluding carboxylic acids is 1. The summed E-state index contributed by atoms with van der Waals surface area (Å²) in [6.07, 6.45) is 0.399. The first-order chi connectivity index (χ1) is 7.16. The van der Waals surface area contributed by atoms with Crippen molar-refractivity contribution in [3.8, 4) is 0 Å². The first kappa shape index (κ1) is 10.7. The van der Waals surface area contributed by atoms with E-state index in [4.69, 9.17) is 0 Å². The minimum absolute atomic E-state index is 0.136. The summed E-state index contributed by atoms with van der Waals surface area (Å²) in [7, 11) is 0. The quantitative estimate of drug-likeness (QED) is 0.677. The number of ketones is 1. The van der Waals surface area contributed by atoms with Crippen molar-refractivity contribution in [1.29, 1.82) is 0 Å². The third kappa shape index (κ3) is 2.43. The molecule has 0 saturated carbocycles. The number of benzene rings is 1. The van der Waals surface area contributed by atoms with E-state index in [2.05, 4.69) is 9.97 Å². The second-order valence-corrected chi connectivity index (χ2v) is 4.57. The first-order valence-electron chi connectivity index (χ1n) is 4.88. The van der Waals surface area contributed by atoms with Crippen LogP contribution in [-0.4, -0.2) is 43.7 Å².